The summed E-state index contributed by atoms with van der Waals surface area (Å²) in [5.41, 5.74) is 4.21. The zero-order valence-electron chi connectivity index (χ0n) is 13.5. The smallest absolute Gasteiger partial charge is 0.336 e. The van der Waals surface area contributed by atoms with E-state index in [1.54, 1.807) is 30.6 Å². The van der Waals surface area contributed by atoms with Crippen molar-refractivity contribution >= 4 is 30.3 Å². The molecular formula is C22H17NO2. The highest BCUT2D eigenvalue weighted by atomic mass is 16.4. The molecule has 3 nitrogen and oxygen atoms in total. The molecule has 0 radical (unpaired) electrons. The third kappa shape index (κ3) is 4.52. The Kier molecular flexibility index (Phi) is 5.17. The fourth-order valence-corrected chi connectivity index (χ4v) is 2.41. The summed E-state index contributed by atoms with van der Waals surface area (Å²) in [6.45, 7) is 0. The van der Waals surface area contributed by atoms with Crippen LogP contribution in [-0.2, 0) is 0 Å². The van der Waals surface area contributed by atoms with Crippen LogP contribution in [0.5, 0.6) is 0 Å². The van der Waals surface area contributed by atoms with Crippen molar-refractivity contribution < 1.29 is 9.90 Å². The van der Waals surface area contributed by atoms with E-state index in [1.807, 2.05) is 66.8 Å². The molecule has 0 amide bonds. The van der Waals surface area contributed by atoms with Crippen LogP contribution >= 0.6 is 0 Å². The van der Waals surface area contributed by atoms with Crippen LogP contribution < -0.4 is 0 Å². The van der Waals surface area contributed by atoms with Gasteiger partial charge in [0.05, 0.1) is 5.56 Å². The molecule has 0 unspecified atom stereocenters. The minimum absolute atomic E-state index is 0.302. The van der Waals surface area contributed by atoms with Crippen molar-refractivity contribution in [2.45, 2.75) is 0 Å². The Morgan fingerprint density at radius 2 is 1.24 bits per heavy atom. The molecule has 0 aliphatic carbocycles. The third-order valence-corrected chi connectivity index (χ3v) is 3.76. The highest BCUT2D eigenvalue weighted by Crippen LogP contribution is 2.15. The minimum Gasteiger partial charge on any atom is -0.478 e. The Labute approximate surface area is 146 Å². The van der Waals surface area contributed by atoms with Crippen LogP contribution in [0.15, 0.2) is 73.1 Å². The van der Waals surface area contributed by atoms with Crippen molar-refractivity contribution in [3.63, 3.8) is 0 Å². The van der Waals surface area contributed by atoms with Gasteiger partial charge in [-0.1, -0.05) is 66.8 Å². The Bertz CT molecular complexity index is 910. The summed E-state index contributed by atoms with van der Waals surface area (Å²) in [7, 11) is 0. The molecule has 0 aliphatic heterocycles. The summed E-state index contributed by atoms with van der Waals surface area (Å²) in [4.78, 5) is 15.2. The highest BCUT2D eigenvalue weighted by molar-refractivity contribution is 5.93. The molecule has 25 heavy (non-hydrogen) atoms. The zero-order chi connectivity index (χ0) is 17.5. The second-order valence-electron chi connectivity index (χ2n) is 5.51. The minimum atomic E-state index is -0.920. The molecule has 1 N–H and O–H groups in total. The van der Waals surface area contributed by atoms with Gasteiger partial charge >= 0.3 is 5.97 Å². The van der Waals surface area contributed by atoms with Crippen molar-refractivity contribution in [1.82, 2.24) is 4.98 Å². The first kappa shape index (κ1) is 16.4. The topological polar surface area (TPSA) is 50.2 Å². The maximum atomic E-state index is 11.2. The first-order chi connectivity index (χ1) is 12.2. The summed E-state index contributed by atoms with van der Waals surface area (Å²) in [5, 5.41) is 9.21. The van der Waals surface area contributed by atoms with Gasteiger partial charge in [-0.3, -0.25) is 4.98 Å². The van der Waals surface area contributed by atoms with E-state index in [0.717, 1.165) is 16.7 Å². The molecule has 122 valence electrons. The molecule has 2 aromatic carbocycles. The van der Waals surface area contributed by atoms with Gasteiger partial charge in [0.1, 0.15) is 0 Å². The molecule has 0 atom stereocenters. The van der Waals surface area contributed by atoms with E-state index in [0.29, 0.717) is 11.1 Å². The number of rotatable bonds is 5. The van der Waals surface area contributed by atoms with Gasteiger partial charge in [0, 0.05) is 12.4 Å². The van der Waals surface area contributed by atoms with E-state index in [2.05, 4.69) is 4.98 Å². The van der Waals surface area contributed by atoms with Crippen LogP contribution in [0.2, 0.25) is 0 Å². The number of carboxylic acids is 1. The van der Waals surface area contributed by atoms with Gasteiger partial charge in [-0.25, -0.2) is 4.79 Å². The van der Waals surface area contributed by atoms with Gasteiger partial charge in [-0.2, -0.15) is 0 Å². The van der Waals surface area contributed by atoms with Gasteiger partial charge in [0.25, 0.3) is 0 Å². The standard InChI is InChI=1S/C22H17NO2/c24-22(25)21-4-2-1-3-20(21)12-11-18-7-5-17(6-8-18)9-10-19-13-15-23-16-14-19/h1-16H,(H,24,25)/b10-9+,12-11+. The SMILES string of the molecule is O=C(O)c1ccccc1/C=C/c1ccc(/C=C/c2ccncc2)cc1. The van der Waals surface area contributed by atoms with Crippen molar-refractivity contribution in [3.05, 3.63) is 101 Å². The molecular weight excluding hydrogens is 310 g/mol. The maximum absolute atomic E-state index is 11.2. The van der Waals surface area contributed by atoms with Crippen LogP contribution in [0.25, 0.3) is 24.3 Å². The molecule has 0 saturated carbocycles. The van der Waals surface area contributed by atoms with E-state index >= 15 is 0 Å². The first-order valence-corrected chi connectivity index (χ1v) is 7.91. The lowest BCUT2D eigenvalue weighted by Gasteiger charge is -2.00. The molecule has 3 heteroatoms. The monoisotopic (exact) mass is 327 g/mol. The molecule has 0 fully saturated rings. The summed E-state index contributed by atoms with van der Waals surface area (Å²) < 4.78 is 0. The average Bonchev–Trinajstić information content (AvgIpc) is 2.66. The van der Waals surface area contributed by atoms with Gasteiger partial charge in [0.15, 0.2) is 0 Å². The summed E-state index contributed by atoms with van der Waals surface area (Å²) >= 11 is 0. The van der Waals surface area contributed by atoms with E-state index in [1.165, 1.54) is 0 Å². The summed E-state index contributed by atoms with van der Waals surface area (Å²) in [6.07, 6.45) is 11.4. The number of hydrogen-bond donors (Lipinski definition) is 1. The number of aromatic nitrogens is 1. The van der Waals surface area contributed by atoms with E-state index < -0.39 is 5.97 Å². The number of benzene rings is 2. The first-order valence-electron chi connectivity index (χ1n) is 7.91. The van der Waals surface area contributed by atoms with Crippen LogP contribution in [0, 0.1) is 0 Å². The Morgan fingerprint density at radius 1 is 0.720 bits per heavy atom. The van der Waals surface area contributed by atoms with Crippen LogP contribution in [0.3, 0.4) is 0 Å². The largest absolute Gasteiger partial charge is 0.478 e. The lowest BCUT2D eigenvalue weighted by atomic mass is 10.1. The third-order valence-electron chi connectivity index (χ3n) is 3.76. The quantitative estimate of drug-likeness (QED) is 0.662. The van der Waals surface area contributed by atoms with Crippen LogP contribution in [0.4, 0.5) is 0 Å². The number of carbonyl (C=O) groups is 1. The molecule has 0 bridgehead atoms. The van der Waals surface area contributed by atoms with Crippen LogP contribution in [0.1, 0.15) is 32.6 Å². The maximum Gasteiger partial charge on any atom is 0.336 e. The van der Waals surface area contributed by atoms with Crippen molar-refractivity contribution in [2.75, 3.05) is 0 Å². The Balaban J connectivity index is 1.73. The second kappa shape index (κ2) is 7.88. The number of aromatic carboxylic acids is 1. The van der Waals surface area contributed by atoms with E-state index in [9.17, 15) is 9.90 Å². The van der Waals surface area contributed by atoms with Crippen molar-refractivity contribution in [1.29, 1.82) is 0 Å². The second-order valence-corrected chi connectivity index (χ2v) is 5.51. The highest BCUT2D eigenvalue weighted by Gasteiger charge is 2.05. The zero-order valence-corrected chi connectivity index (χ0v) is 13.5. The van der Waals surface area contributed by atoms with Gasteiger partial charge in [0.2, 0.25) is 0 Å². The predicted molar refractivity (Wildman–Crippen MR) is 102 cm³/mol. The fraction of sp³-hybridized carbons (Fsp3) is 0. The molecule has 3 rings (SSSR count). The molecule has 0 saturated heterocycles. The molecule has 0 aliphatic rings. The molecule has 3 aromatic rings. The number of pyridine rings is 1. The number of hydrogen-bond acceptors (Lipinski definition) is 2. The van der Waals surface area contributed by atoms with E-state index in [4.69, 9.17) is 0 Å². The number of nitrogens with zero attached hydrogens (tertiary/aromatic N) is 1. The van der Waals surface area contributed by atoms with Gasteiger partial charge in [-0.15, -0.1) is 0 Å². The van der Waals surface area contributed by atoms with Crippen molar-refractivity contribution in [3.8, 4) is 0 Å². The Morgan fingerprint density at radius 3 is 1.84 bits per heavy atom. The Hall–Kier alpha value is -3.46. The van der Waals surface area contributed by atoms with Gasteiger partial charge in [-0.05, 0) is 40.5 Å². The molecule has 1 heterocycles. The van der Waals surface area contributed by atoms with Crippen molar-refractivity contribution in [2.24, 2.45) is 0 Å². The lowest BCUT2D eigenvalue weighted by molar-refractivity contribution is 0.0696. The molecule has 0 spiro atoms. The number of carboxylic acid groups (broad SMARTS) is 1. The summed E-state index contributed by atoms with van der Waals surface area (Å²) in [6, 6.07) is 18.9. The average molecular weight is 327 g/mol. The van der Waals surface area contributed by atoms with Crippen LogP contribution in [-0.4, -0.2) is 16.1 Å². The van der Waals surface area contributed by atoms with E-state index in [-0.39, 0.29) is 0 Å². The lowest BCUT2D eigenvalue weighted by Crippen LogP contribution is -1.98. The predicted octanol–water partition coefficient (Wildman–Crippen LogP) is 5.12. The normalized spacial score (nSPS) is 11.2. The summed E-state index contributed by atoms with van der Waals surface area (Å²) in [5.74, 6) is -0.920. The van der Waals surface area contributed by atoms with Gasteiger partial charge < -0.3 is 5.11 Å². The molecule has 1 aromatic heterocycles. The fourth-order valence-electron chi connectivity index (χ4n) is 2.41.